The third-order valence-electron chi connectivity index (χ3n) is 3.30. The third-order valence-corrected chi connectivity index (χ3v) is 3.30. The molecular formula is C15H13N3O2. The normalized spacial score (nSPS) is 14.3. The van der Waals surface area contributed by atoms with Gasteiger partial charge < -0.3 is 4.74 Å². The van der Waals surface area contributed by atoms with Crippen LogP contribution >= 0.6 is 0 Å². The minimum absolute atomic E-state index is 0.511. The molecule has 100 valence electrons. The zero-order chi connectivity index (χ0) is 13.9. The number of amides is 1. The molecule has 5 nitrogen and oxygen atoms in total. The highest BCUT2D eigenvalue weighted by molar-refractivity contribution is 5.90. The zero-order valence-corrected chi connectivity index (χ0v) is 10.8. The summed E-state index contributed by atoms with van der Waals surface area (Å²) in [7, 11) is 0. The Kier molecular flexibility index (Phi) is 3.13. The van der Waals surface area contributed by atoms with Crippen molar-refractivity contribution in [3.63, 3.8) is 0 Å². The van der Waals surface area contributed by atoms with Gasteiger partial charge in [0.1, 0.15) is 5.75 Å². The van der Waals surface area contributed by atoms with Crippen LogP contribution in [0.4, 0.5) is 4.79 Å². The molecule has 3 rings (SSSR count). The summed E-state index contributed by atoms with van der Waals surface area (Å²) >= 11 is 0. The van der Waals surface area contributed by atoms with Crippen LogP contribution in [0.3, 0.4) is 0 Å². The van der Waals surface area contributed by atoms with E-state index >= 15 is 0 Å². The number of fused-ring (bicyclic) bond motifs is 1. The number of benzene rings is 2. The minimum atomic E-state index is -0.514. The van der Waals surface area contributed by atoms with E-state index in [1.807, 2.05) is 42.6 Å². The number of ether oxygens (including phenoxy) is 1. The van der Waals surface area contributed by atoms with E-state index in [4.69, 9.17) is 10.00 Å². The quantitative estimate of drug-likeness (QED) is 0.745. The van der Waals surface area contributed by atoms with Crippen LogP contribution in [0.2, 0.25) is 0 Å². The molecule has 2 aromatic rings. The molecule has 1 aliphatic heterocycles. The van der Waals surface area contributed by atoms with Gasteiger partial charge in [0.2, 0.25) is 0 Å². The number of nitrogens with zero attached hydrogens (tertiary/aromatic N) is 3. The fraction of sp³-hybridized carbons (Fsp3) is 0.200. The molecule has 1 heterocycles. The average molecular weight is 267 g/mol. The zero-order valence-electron chi connectivity index (χ0n) is 10.8. The van der Waals surface area contributed by atoms with Crippen molar-refractivity contribution in [3.8, 4) is 11.9 Å². The van der Waals surface area contributed by atoms with Gasteiger partial charge >= 0.3 is 6.09 Å². The van der Waals surface area contributed by atoms with Crippen molar-refractivity contribution in [2.75, 3.05) is 13.1 Å². The Labute approximate surface area is 116 Å². The van der Waals surface area contributed by atoms with E-state index < -0.39 is 6.09 Å². The first kappa shape index (κ1) is 12.3. The Morgan fingerprint density at radius 2 is 1.95 bits per heavy atom. The van der Waals surface area contributed by atoms with Gasteiger partial charge in [-0.25, -0.2) is 14.8 Å². The fourth-order valence-electron chi connectivity index (χ4n) is 2.34. The van der Waals surface area contributed by atoms with Crippen LogP contribution in [0.1, 0.15) is 6.42 Å². The molecule has 20 heavy (non-hydrogen) atoms. The molecule has 1 saturated heterocycles. The molecule has 1 aliphatic rings. The summed E-state index contributed by atoms with van der Waals surface area (Å²) < 4.78 is 5.44. The highest BCUT2D eigenvalue weighted by Gasteiger charge is 2.27. The van der Waals surface area contributed by atoms with E-state index in [2.05, 4.69) is 0 Å². The minimum Gasteiger partial charge on any atom is -0.408 e. The van der Waals surface area contributed by atoms with Crippen molar-refractivity contribution in [2.24, 2.45) is 0 Å². The number of hydrogen-bond donors (Lipinski definition) is 0. The van der Waals surface area contributed by atoms with Gasteiger partial charge in [0, 0.05) is 11.9 Å². The molecule has 0 atom stereocenters. The van der Waals surface area contributed by atoms with Crippen LogP contribution in [0.25, 0.3) is 10.8 Å². The lowest BCUT2D eigenvalue weighted by atomic mass is 10.1. The van der Waals surface area contributed by atoms with E-state index in [0.717, 1.165) is 17.2 Å². The lowest BCUT2D eigenvalue weighted by Crippen LogP contribution is -2.40. The van der Waals surface area contributed by atoms with Gasteiger partial charge in [0.05, 0.1) is 6.54 Å². The summed E-state index contributed by atoms with van der Waals surface area (Å²) in [5.74, 6) is 0.512. The van der Waals surface area contributed by atoms with Crippen molar-refractivity contribution in [1.29, 1.82) is 5.26 Å². The number of carbonyl (C=O) groups is 1. The number of hydrogen-bond acceptors (Lipinski definition) is 4. The molecule has 5 heteroatoms. The van der Waals surface area contributed by atoms with E-state index in [0.29, 0.717) is 18.8 Å². The molecule has 0 aromatic heterocycles. The molecule has 0 aliphatic carbocycles. The van der Waals surface area contributed by atoms with Crippen LogP contribution in [0.5, 0.6) is 5.75 Å². The second-order valence-corrected chi connectivity index (χ2v) is 4.55. The molecule has 0 N–H and O–H groups in total. The Balaban J connectivity index is 1.86. The Bertz CT molecular complexity index is 688. The lowest BCUT2D eigenvalue weighted by Gasteiger charge is -2.21. The van der Waals surface area contributed by atoms with Crippen molar-refractivity contribution < 1.29 is 9.53 Å². The average Bonchev–Trinajstić information content (AvgIpc) is 2.96. The highest BCUT2D eigenvalue weighted by Crippen LogP contribution is 2.26. The smallest absolute Gasteiger partial charge is 0.408 e. The molecule has 1 amide bonds. The topological polar surface area (TPSA) is 56.6 Å². The second kappa shape index (κ2) is 5.10. The van der Waals surface area contributed by atoms with Crippen molar-refractivity contribution in [3.05, 3.63) is 42.5 Å². The van der Waals surface area contributed by atoms with Crippen LogP contribution in [0, 0.1) is 11.5 Å². The van der Waals surface area contributed by atoms with Crippen LogP contribution in [-0.4, -0.2) is 29.2 Å². The molecule has 0 spiro atoms. The van der Waals surface area contributed by atoms with E-state index in [9.17, 15) is 4.79 Å². The Morgan fingerprint density at radius 3 is 2.80 bits per heavy atom. The molecule has 1 fully saturated rings. The number of hydrazine groups is 1. The molecule has 0 unspecified atom stereocenters. The number of rotatable bonds is 1. The first-order valence-electron chi connectivity index (χ1n) is 6.44. The van der Waals surface area contributed by atoms with E-state index in [1.165, 1.54) is 10.0 Å². The first-order valence-corrected chi connectivity index (χ1v) is 6.44. The van der Waals surface area contributed by atoms with Gasteiger partial charge in [-0.3, -0.25) is 0 Å². The summed E-state index contributed by atoms with van der Waals surface area (Å²) in [6.45, 7) is 1.07. The predicted octanol–water partition coefficient (Wildman–Crippen LogP) is 2.74. The number of nitriles is 1. The standard InChI is InChI=1S/C15H13N3O2/c16-11-17-9-4-10-18(17)15(19)20-14-8-3-6-12-5-1-2-7-13(12)14/h1-3,5-8H,4,9-10H2. The fourth-order valence-corrected chi connectivity index (χ4v) is 2.34. The van der Waals surface area contributed by atoms with Crippen LogP contribution in [-0.2, 0) is 0 Å². The van der Waals surface area contributed by atoms with Gasteiger partial charge in [-0.1, -0.05) is 36.4 Å². The van der Waals surface area contributed by atoms with Crippen molar-refractivity contribution in [1.82, 2.24) is 10.0 Å². The maximum Gasteiger partial charge on any atom is 0.434 e. The van der Waals surface area contributed by atoms with Gasteiger partial charge in [0.15, 0.2) is 6.19 Å². The lowest BCUT2D eigenvalue weighted by molar-refractivity contribution is 0.0805. The van der Waals surface area contributed by atoms with Crippen molar-refractivity contribution in [2.45, 2.75) is 6.42 Å². The van der Waals surface area contributed by atoms with E-state index in [1.54, 1.807) is 6.07 Å². The van der Waals surface area contributed by atoms with Crippen LogP contribution in [0.15, 0.2) is 42.5 Å². The molecule has 2 aromatic carbocycles. The summed E-state index contributed by atoms with van der Waals surface area (Å²) in [5, 5.41) is 13.5. The maximum atomic E-state index is 12.1. The van der Waals surface area contributed by atoms with Gasteiger partial charge in [-0.05, 0) is 17.9 Å². The Hall–Kier alpha value is -2.74. The van der Waals surface area contributed by atoms with Gasteiger partial charge in [0.25, 0.3) is 0 Å². The maximum absolute atomic E-state index is 12.1. The van der Waals surface area contributed by atoms with Crippen LogP contribution < -0.4 is 4.74 Å². The second-order valence-electron chi connectivity index (χ2n) is 4.55. The summed E-state index contributed by atoms with van der Waals surface area (Å²) in [4.78, 5) is 12.1. The summed E-state index contributed by atoms with van der Waals surface area (Å²) in [6, 6.07) is 13.3. The van der Waals surface area contributed by atoms with E-state index in [-0.39, 0.29) is 0 Å². The van der Waals surface area contributed by atoms with Gasteiger partial charge in [-0.15, -0.1) is 0 Å². The Morgan fingerprint density at radius 1 is 1.15 bits per heavy atom. The summed E-state index contributed by atoms with van der Waals surface area (Å²) in [6.07, 6.45) is 2.24. The predicted molar refractivity (Wildman–Crippen MR) is 73.6 cm³/mol. The largest absolute Gasteiger partial charge is 0.434 e. The SMILES string of the molecule is N#CN1CCCN1C(=O)Oc1cccc2ccccc12. The summed E-state index contributed by atoms with van der Waals surface area (Å²) in [5.41, 5.74) is 0. The molecule has 0 saturated carbocycles. The monoisotopic (exact) mass is 267 g/mol. The highest BCUT2D eigenvalue weighted by atomic mass is 16.6. The third kappa shape index (κ3) is 2.12. The molecule has 0 radical (unpaired) electrons. The first-order chi connectivity index (χ1) is 9.79. The molecular weight excluding hydrogens is 254 g/mol. The van der Waals surface area contributed by atoms with Crippen molar-refractivity contribution >= 4 is 16.9 Å². The van der Waals surface area contributed by atoms with Gasteiger partial charge in [-0.2, -0.15) is 5.26 Å². The molecule has 0 bridgehead atoms. The number of carbonyl (C=O) groups excluding carboxylic acids is 1.